The molecule has 35 heavy (non-hydrogen) atoms. The molecule has 0 spiro atoms. The molecule has 6 heteroatoms. The Bertz CT molecular complexity index is 1190. The van der Waals surface area contributed by atoms with Gasteiger partial charge < -0.3 is 19.2 Å². The molecule has 0 fully saturated rings. The zero-order valence-electron chi connectivity index (χ0n) is 19.7. The molecule has 1 aliphatic rings. The number of hydrogen-bond donors (Lipinski definition) is 1. The van der Waals surface area contributed by atoms with Gasteiger partial charge in [0.15, 0.2) is 11.5 Å². The molecule has 0 saturated heterocycles. The third-order valence-electron chi connectivity index (χ3n) is 5.91. The van der Waals surface area contributed by atoms with E-state index >= 15 is 0 Å². The molecule has 180 valence electrons. The van der Waals surface area contributed by atoms with Gasteiger partial charge in [-0.05, 0) is 47.9 Å². The molecule has 0 radical (unpaired) electrons. The highest BCUT2D eigenvalue weighted by Gasteiger charge is 2.43. The van der Waals surface area contributed by atoms with E-state index < -0.39 is 23.5 Å². The molecule has 1 aromatic heterocycles. The third kappa shape index (κ3) is 5.72. The second kappa shape index (κ2) is 11.4. The van der Waals surface area contributed by atoms with Gasteiger partial charge in [-0.2, -0.15) is 0 Å². The van der Waals surface area contributed by atoms with Crippen LogP contribution in [0.2, 0.25) is 0 Å². The molecule has 1 atom stereocenters. The number of aliphatic hydroxyl groups excluding tert-OH is 1. The van der Waals surface area contributed by atoms with Crippen LogP contribution in [-0.2, 0) is 16.1 Å². The van der Waals surface area contributed by atoms with Gasteiger partial charge in [-0.25, -0.2) is 0 Å². The molecule has 4 rings (SSSR count). The molecule has 0 bridgehead atoms. The van der Waals surface area contributed by atoms with Crippen molar-refractivity contribution in [1.29, 1.82) is 0 Å². The van der Waals surface area contributed by atoms with E-state index in [1.807, 2.05) is 54.6 Å². The number of hydrogen-bond acceptors (Lipinski definition) is 5. The van der Waals surface area contributed by atoms with Gasteiger partial charge in [0.05, 0.1) is 31.0 Å². The van der Waals surface area contributed by atoms with Gasteiger partial charge in [-0.3, -0.25) is 9.59 Å². The second-order valence-corrected chi connectivity index (χ2v) is 8.41. The van der Waals surface area contributed by atoms with E-state index in [2.05, 4.69) is 6.92 Å². The summed E-state index contributed by atoms with van der Waals surface area (Å²) >= 11 is 0. The Hall–Kier alpha value is -4.06. The summed E-state index contributed by atoms with van der Waals surface area (Å²) in [6.45, 7) is 2.90. The summed E-state index contributed by atoms with van der Waals surface area (Å²) in [6.07, 6.45) is 7.80. The molecule has 3 aromatic rings. The molecular formula is C29H29NO5. The molecule has 1 unspecified atom stereocenters. The van der Waals surface area contributed by atoms with E-state index in [4.69, 9.17) is 9.15 Å². The van der Waals surface area contributed by atoms with Crippen LogP contribution in [0.1, 0.15) is 49.1 Å². The minimum Gasteiger partial charge on any atom is -0.503 e. The van der Waals surface area contributed by atoms with Crippen LogP contribution in [0.25, 0.3) is 6.08 Å². The minimum atomic E-state index is -0.755. The number of ketones is 1. The Morgan fingerprint density at radius 1 is 1.06 bits per heavy atom. The fourth-order valence-electron chi connectivity index (χ4n) is 4.10. The Morgan fingerprint density at radius 2 is 1.83 bits per heavy atom. The van der Waals surface area contributed by atoms with Gasteiger partial charge in [0, 0.05) is 0 Å². The van der Waals surface area contributed by atoms with Crippen LogP contribution in [0.4, 0.5) is 0 Å². The number of amides is 1. The van der Waals surface area contributed by atoms with Gasteiger partial charge in [-0.15, -0.1) is 0 Å². The molecular weight excluding hydrogens is 442 g/mol. The van der Waals surface area contributed by atoms with Crippen molar-refractivity contribution in [3.8, 4) is 5.75 Å². The zero-order chi connectivity index (χ0) is 24.6. The average molecular weight is 472 g/mol. The molecule has 2 aromatic carbocycles. The monoisotopic (exact) mass is 471 g/mol. The molecule has 2 heterocycles. The predicted octanol–water partition coefficient (Wildman–Crippen LogP) is 6.03. The summed E-state index contributed by atoms with van der Waals surface area (Å²) in [7, 11) is 0. The van der Waals surface area contributed by atoms with Crippen molar-refractivity contribution in [2.24, 2.45) is 0 Å². The smallest absolute Gasteiger partial charge is 0.290 e. The molecule has 1 amide bonds. The van der Waals surface area contributed by atoms with E-state index in [-0.39, 0.29) is 12.1 Å². The average Bonchev–Trinajstić information content (AvgIpc) is 3.49. The van der Waals surface area contributed by atoms with Crippen molar-refractivity contribution >= 4 is 17.8 Å². The Kier molecular flexibility index (Phi) is 7.83. The van der Waals surface area contributed by atoms with Gasteiger partial charge in [0.1, 0.15) is 11.5 Å². The van der Waals surface area contributed by atoms with Crippen LogP contribution in [0, 0.1) is 0 Å². The number of aliphatic hydroxyl groups is 1. The highest BCUT2D eigenvalue weighted by molar-refractivity contribution is 6.14. The zero-order valence-corrected chi connectivity index (χ0v) is 19.7. The lowest BCUT2D eigenvalue weighted by Gasteiger charge is -2.26. The number of furan rings is 1. The fourth-order valence-corrected chi connectivity index (χ4v) is 4.10. The standard InChI is InChI=1S/C29H29NO5/c1-2-3-7-18-34-23-15-13-22(14-16-23)27-26(25(31)17-12-21-9-5-4-6-10-21)28(32)29(33)30(27)20-24-11-8-19-35-24/h4-6,8-17,19,27,32H,2-3,7,18,20H2,1H3/b17-12+. The highest BCUT2D eigenvalue weighted by atomic mass is 16.5. The van der Waals surface area contributed by atoms with Crippen LogP contribution in [-0.4, -0.2) is 28.3 Å². The summed E-state index contributed by atoms with van der Waals surface area (Å²) in [6, 6.07) is 19.4. The van der Waals surface area contributed by atoms with Crippen LogP contribution in [0.3, 0.4) is 0 Å². The Morgan fingerprint density at radius 3 is 2.51 bits per heavy atom. The molecule has 6 nitrogen and oxygen atoms in total. The predicted molar refractivity (Wildman–Crippen MR) is 134 cm³/mol. The number of allylic oxidation sites excluding steroid dienone is 1. The quantitative estimate of drug-likeness (QED) is 0.273. The molecule has 0 aliphatic carbocycles. The van der Waals surface area contributed by atoms with Gasteiger partial charge in [0.25, 0.3) is 5.91 Å². The minimum absolute atomic E-state index is 0.0466. The second-order valence-electron chi connectivity index (χ2n) is 8.41. The van der Waals surface area contributed by atoms with Crippen LogP contribution in [0.5, 0.6) is 5.75 Å². The van der Waals surface area contributed by atoms with Crippen molar-refractivity contribution in [3.05, 3.63) is 107 Å². The lowest BCUT2D eigenvalue weighted by Crippen LogP contribution is -2.30. The van der Waals surface area contributed by atoms with Crippen LogP contribution in [0.15, 0.2) is 94.8 Å². The van der Waals surface area contributed by atoms with Crippen molar-refractivity contribution in [2.45, 2.75) is 38.8 Å². The summed E-state index contributed by atoms with van der Waals surface area (Å²) in [5.41, 5.74) is 1.59. The summed E-state index contributed by atoms with van der Waals surface area (Å²) in [4.78, 5) is 27.7. The van der Waals surface area contributed by atoms with E-state index in [9.17, 15) is 14.7 Å². The van der Waals surface area contributed by atoms with E-state index in [1.165, 1.54) is 17.2 Å². The maximum Gasteiger partial charge on any atom is 0.290 e. The summed E-state index contributed by atoms with van der Waals surface area (Å²) in [5, 5.41) is 10.8. The first-order valence-corrected chi connectivity index (χ1v) is 11.8. The lowest BCUT2D eigenvalue weighted by atomic mass is 9.95. The van der Waals surface area contributed by atoms with E-state index in [0.29, 0.717) is 17.9 Å². The molecule has 1 aliphatic heterocycles. The lowest BCUT2D eigenvalue weighted by molar-refractivity contribution is -0.130. The molecule has 1 N–H and O–H groups in total. The number of carbonyl (C=O) groups is 2. The van der Waals surface area contributed by atoms with Crippen molar-refractivity contribution in [3.63, 3.8) is 0 Å². The maximum absolute atomic E-state index is 13.2. The first-order chi connectivity index (χ1) is 17.1. The number of nitrogens with zero attached hydrogens (tertiary/aromatic N) is 1. The summed E-state index contributed by atoms with van der Waals surface area (Å²) in [5.74, 6) is -0.296. The Balaban J connectivity index is 1.62. The number of benzene rings is 2. The van der Waals surface area contributed by atoms with Crippen molar-refractivity contribution in [2.75, 3.05) is 6.61 Å². The van der Waals surface area contributed by atoms with Crippen LogP contribution >= 0.6 is 0 Å². The number of ether oxygens (including phenoxy) is 1. The summed E-state index contributed by atoms with van der Waals surface area (Å²) < 4.78 is 11.2. The van der Waals surface area contributed by atoms with Crippen LogP contribution < -0.4 is 4.74 Å². The number of rotatable bonds is 11. The number of carbonyl (C=O) groups excluding carboxylic acids is 2. The Labute approximate surface area is 205 Å². The largest absolute Gasteiger partial charge is 0.503 e. The third-order valence-corrected chi connectivity index (χ3v) is 5.91. The van der Waals surface area contributed by atoms with Crippen molar-refractivity contribution < 1.29 is 23.8 Å². The molecule has 0 saturated carbocycles. The van der Waals surface area contributed by atoms with Gasteiger partial charge in [-0.1, -0.05) is 68.3 Å². The maximum atomic E-state index is 13.2. The normalized spacial score (nSPS) is 15.9. The highest BCUT2D eigenvalue weighted by Crippen LogP contribution is 2.39. The van der Waals surface area contributed by atoms with E-state index in [0.717, 1.165) is 30.6 Å². The number of unbranched alkanes of at least 4 members (excludes halogenated alkanes) is 2. The topological polar surface area (TPSA) is 80.0 Å². The first-order valence-electron chi connectivity index (χ1n) is 11.8. The van der Waals surface area contributed by atoms with E-state index in [1.54, 1.807) is 18.2 Å². The van der Waals surface area contributed by atoms with Crippen molar-refractivity contribution in [1.82, 2.24) is 4.90 Å². The fraction of sp³-hybridized carbons (Fsp3) is 0.241. The first kappa shape index (κ1) is 24.1. The SMILES string of the molecule is CCCCCOc1ccc(C2C(C(=O)/C=C/c3ccccc3)=C(O)C(=O)N2Cc2ccco2)cc1. The van der Waals surface area contributed by atoms with Gasteiger partial charge in [0.2, 0.25) is 0 Å². The van der Waals surface area contributed by atoms with Gasteiger partial charge >= 0.3 is 0 Å².